The minimum atomic E-state index is -0.547. The summed E-state index contributed by atoms with van der Waals surface area (Å²) in [5.74, 6) is 0. The molecule has 2 nitrogen and oxygen atoms in total. The van der Waals surface area contributed by atoms with Crippen LogP contribution in [0.5, 0.6) is 0 Å². The fourth-order valence-corrected chi connectivity index (χ4v) is 0.841. The molecule has 0 aliphatic heterocycles. The molecule has 10 heavy (non-hydrogen) atoms. The molecule has 2 N–H and O–H groups in total. The van der Waals surface area contributed by atoms with Gasteiger partial charge in [0.25, 0.3) is 0 Å². The molecular formula is C8H18NO. The first-order valence-corrected chi connectivity index (χ1v) is 3.85. The third kappa shape index (κ3) is 7.92. The zero-order valence-corrected chi connectivity index (χ0v) is 7.15. The normalized spacial score (nSPS) is 15.3. The van der Waals surface area contributed by atoms with Crippen LogP contribution in [0.2, 0.25) is 0 Å². The zero-order chi connectivity index (χ0) is 8.20. The van der Waals surface area contributed by atoms with Crippen LogP contribution in [0.4, 0.5) is 0 Å². The molecule has 0 aromatic rings. The van der Waals surface area contributed by atoms with Crippen LogP contribution in [0.15, 0.2) is 0 Å². The zero-order valence-electron chi connectivity index (χ0n) is 7.15. The molecule has 0 heterocycles. The lowest BCUT2D eigenvalue weighted by Gasteiger charge is -2.16. The van der Waals surface area contributed by atoms with E-state index in [1.165, 1.54) is 0 Å². The summed E-state index contributed by atoms with van der Waals surface area (Å²) >= 11 is 0. The predicted octanol–water partition coefficient (Wildman–Crippen LogP) is 1.60. The van der Waals surface area contributed by atoms with Crippen molar-refractivity contribution in [1.82, 2.24) is 5.73 Å². The van der Waals surface area contributed by atoms with Gasteiger partial charge in [-0.1, -0.05) is 0 Å². The predicted molar refractivity (Wildman–Crippen MR) is 42.7 cm³/mol. The molecule has 0 rings (SSSR count). The molecule has 0 aliphatic rings. The van der Waals surface area contributed by atoms with Crippen LogP contribution in [-0.2, 0) is 0 Å². The van der Waals surface area contributed by atoms with Crippen LogP contribution >= 0.6 is 0 Å². The van der Waals surface area contributed by atoms with Gasteiger partial charge in [0.2, 0.25) is 0 Å². The average molecular weight is 144 g/mol. The Morgan fingerprint density at radius 2 is 2.00 bits per heavy atom. The Kier molecular flexibility index (Phi) is 3.91. The van der Waals surface area contributed by atoms with Crippen LogP contribution < -0.4 is 5.73 Å². The van der Waals surface area contributed by atoms with E-state index < -0.39 is 5.60 Å². The van der Waals surface area contributed by atoms with Crippen LogP contribution in [-0.4, -0.2) is 16.7 Å². The van der Waals surface area contributed by atoms with E-state index in [-0.39, 0.29) is 6.04 Å². The van der Waals surface area contributed by atoms with Crippen LogP contribution in [0, 0.1) is 0 Å². The number of hydrogen-bond acceptors (Lipinski definition) is 1. The fraction of sp³-hybridized carbons (Fsp3) is 1.00. The maximum absolute atomic E-state index is 9.27. The molecule has 0 aromatic carbocycles. The summed E-state index contributed by atoms with van der Waals surface area (Å²) in [6.45, 7) is 5.49. The van der Waals surface area contributed by atoms with E-state index in [1.54, 1.807) is 0 Å². The highest BCUT2D eigenvalue weighted by Crippen LogP contribution is 2.12. The van der Waals surface area contributed by atoms with Crippen molar-refractivity contribution in [3.63, 3.8) is 0 Å². The topological polar surface area (TPSA) is 44.0 Å². The first-order chi connectivity index (χ1) is 4.42. The van der Waals surface area contributed by atoms with E-state index in [2.05, 4.69) is 0 Å². The van der Waals surface area contributed by atoms with Crippen molar-refractivity contribution in [2.45, 2.75) is 51.7 Å². The quantitative estimate of drug-likeness (QED) is 0.640. The fourth-order valence-electron chi connectivity index (χ4n) is 0.841. The maximum atomic E-state index is 9.27. The second-order valence-electron chi connectivity index (χ2n) is 3.61. The molecule has 1 radical (unpaired) electrons. The molecule has 1 atom stereocenters. The van der Waals surface area contributed by atoms with Gasteiger partial charge in [0.05, 0.1) is 5.60 Å². The van der Waals surface area contributed by atoms with E-state index in [9.17, 15) is 5.11 Å². The number of aliphatic hydroxyl groups is 1. The van der Waals surface area contributed by atoms with Gasteiger partial charge in [-0.05, 0) is 40.0 Å². The van der Waals surface area contributed by atoms with Crippen molar-refractivity contribution in [2.24, 2.45) is 0 Å². The first-order valence-electron chi connectivity index (χ1n) is 3.85. The molecule has 2 heteroatoms. The van der Waals surface area contributed by atoms with Crippen molar-refractivity contribution >= 4 is 0 Å². The third-order valence-electron chi connectivity index (χ3n) is 1.43. The lowest BCUT2D eigenvalue weighted by molar-refractivity contribution is 0.0678. The van der Waals surface area contributed by atoms with Gasteiger partial charge in [-0.3, -0.25) is 5.73 Å². The first kappa shape index (κ1) is 9.92. The van der Waals surface area contributed by atoms with E-state index in [4.69, 9.17) is 5.73 Å². The Labute approximate surface area is 63.4 Å². The Bertz CT molecular complexity index is 83.7. The lowest BCUT2D eigenvalue weighted by Crippen LogP contribution is -2.18. The van der Waals surface area contributed by atoms with Gasteiger partial charge in [0.15, 0.2) is 0 Å². The molecule has 0 saturated heterocycles. The minimum Gasteiger partial charge on any atom is -0.390 e. The van der Waals surface area contributed by atoms with Crippen LogP contribution in [0.1, 0.15) is 40.0 Å². The van der Waals surface area contributed by atoms with Crippen molar-refractivity contribution in [1.29, 1.82) is 0 Å². The van der Waals surface area contributed by atoms with Gasteiger partial charge in [0, 0.05) is 6.04 Å². The van der Waals surface area contributed by atoms with E-state index >= 15 is 0 Å². The van der Waals surface area contributed by atoms with Crippen LogP contribution in [0.3, 0.4) is 0 Å². The van der Waals surface area contributed by atoms with Crippen molar-refractivity contribution in [2.75, 3.05) is 0 Å². The highest BCUT2D eigenvalue weighted by atomic mass is 16.3. The molecule has 0 spiro atoms. The summed E-state index contributed by atoms with van der Waals surface area (Å²) in [4.78, 5) is 0. The molecule has 0 aliphatic carbocycles. The van der Waals surface area contributed by atoms with Gasteiger partial charge in [-0.25, -0.2) is 0 Å². The Morgan fingerprint density at radius 3 is 2.30 bits per heavy atom. The molecule has 0 saturated carbocycles. The summed E-state index contributed by atoms with van der Waals surface area (Å²) in [6, 6.07) is 0.0161. The summed E-state index contributed by atoms with van der Waals surface area (Å²) in [5.41, 5.74) is 6.66. The molecule has 0 fully saturated rings. The smallest absolute Gasteiger partial charge is 0.0591 e. The summed E-state index contributed by atoms with van der Waals surface area (Å²) in [5, 5.41) is 9.27. The lowest BCUT2D eigenvalue weighted by atomic mass is 10.0. The Balaban J connectivity index is 3.21. The van der Waals surface area contributed by atoms with E-state index in [0.717, 1.165) is 19.3 Å². The maximum Gasteiger partial charge on any atom is 0.0591 e. The molecule has 0 aromatic heterocycles. The third-order valence-corrected chi connectivity index (χ3v) is 1.43. The molecule has 1 unspecified atom stereocenters. The number of rotatable bonds is 4. The minimum absolute atomic E-state index is 0.0161. The molecule has 61 valence electrons. The van der Waals surface area contributed by atoms with Gasteiger partial charge in [0.1, 0.15) is 0 Å². The molecule has 0 bridgehead atoms. The van der Waals surface area contributed by atoms with Crippen molar-refractivity contribution < 1.29 is 5.11 Å². The van der Waals surface area contributed by atoms with Gasteiger partial charge in [-0.15, -0.1) is 0 Å². The Hall–Kier alpha value is -0.0800. The Morgan fingerprint density at radius 1 is 1.50 bits per heavy atom. The van der Waals surface area contributed by atoms with Gasteiger partial charge in [-0.2, -0.15) is 0 Å². The highest BCUT2D eigenvalue weighted by molar-refractivity contribution is 4.65. The van der Waals surface area contributed by atoms with E-state index in [1.807, 2.05) is 20.8 Å². The van der Waals surface area contributed by atoms with Crippen molar-refractivity contribution in [3.05, 3.63) is 0 Å². The van der Waals surface area contributed by atoms with Gasteiger partial charge < -0.3 is 5.11 Å². The molecule has 0 amide bonds. The largest absolute Gasteiger partial charge is 0.390 e. The summed E-state index contributed by atoms with van der Waals surface area (Å²) < 4.78 is 0. The highest BCUT2D eigenvalue weighted by Gasteiger charge is 2.11. The second kappa shape index (κ2) is 3.94. The van der Waals surface area contributed by atoms with Gasteiger partial charge >= 0.3 is 0 Å². The SMILES string of the molecule is CC([NH])CCCC(C)(C)O. The molecular weight excluding hydrogens is 126 g/mol. The summed E-state index contributed by atoms with van der Waals surface area (Å²) in [7, 11) is 0. The monoisotopic (exact) mass is 144 g/mol. The number of hydrogen-bond donors (Lipinski definition) is 1. The second-order valence-corrected chi connectivity index (χ2v) is 3.61. The van der Waals surface area contributed by atoms with Crippen LogP contribution in [0.25, 0.3) is 0 Å². The van der Waals surface area contributed by atoms with Crippen molar-refractivity contribution in [3.8, 4) is 0 Å². The standard InChI is InChI=1S/C8H18NO/c1-7(9)5-4-6-8(2,3)10/h7,9-10H,4-6H2,1-3H3. The van der Waals surface area contributed by atoms with E-state index in [0.29, 0.717) is 0 Å². The summed E-state index contributed by atoms with van der Waals surface area (Å²) in [6.07, 6.45) is 2.65. The number of nitrogens with one attached hydrogen (secondary N) is 1. The average Bonchev–Trinajstić information content (AvgIpc) is 1.59.